The highest BCUT2D eigenvalue weighted by atomic mass is 15.0. The molecule has 0 aliphatic carbocycles. The first-order chi connectivity index (χ1) is 9.90. The lowest BCUT2D eigenvalue weighted by Gasteiger charge is -2.22. The lowest BCUT2D eigenvalue weighted by atomic mass is 10.0. The van der Waals surface area contributed by atoms with Crippen molar-refractivity contribution < 1.29 is 0 Å². The summed E-state index contributed by atoms with van der Waals surface area (Å²) in [6.07, 6.45) is 7.13. The Labute approximate surface area is 119 Å². The van der Waals surface area contributed by atoms with Gasteiger partial charge >= 0.3 is 0 Å². The van der Waals surface area contributed by atoms with Crippen molar-refractivity contribution in [3.63, 3.8) is 0 Å². The smallest absolute Gasteiger partial charge is 0.136 e. The third-order valence-corrected chi connectivity index (χ3v) is 3.72. The zero-order valence-corrected chi connectivity index (χ0v) is 11.6. The van der Waals surface area contributed by atoms with Gasteiger partial charge in [0.1, 0.15) is 18.0 Å². The highest BCUT2D eigenvalue weighted by Crippen LogP contribution is 2.11. The summed E-state index contributed by atoms with van der Waals surface area (Å²) in [5, 5.41) is 3.54. The maximum Gasteiger partial charge on any atom is 0.136 e. The van der Waals surface area contributed by atoms with Crippen LogP contribution in [0.2, 0.25) is 0 Å². The maximum atomic E-state index is 4.60. The molecule has 0 bridgehead atoms. The molecule has 0 radical (unpaired) electrons. The van der Waals surface area contributed by atoms with E-state index in [-0.39, 0.29) is 0 Å². The van der Waals surface area contributed by atoms with Gasteiger partial charge in [-0.05, 0) is 24.9 Å². The molecule has 1 N–H and O–H groups in total. The topological polar surface area (TPSA) is 50.7 Å². The van der Waals surface area contributed by atoms with Gasteiger partial charge in [-0.3, -0.25) is 0 Å². The average Bonchev–Trinajstić information content (AvgIpc) is 2.50. The molecule has 0 saturated carbocycles. The molecule has 1 aromatic heterocycles. The Morgan fingerprint density at radius 2 is 1.90 bits per heavy atom. The van der Waals surface area contributed by atoms with Crippen LogP contribution >= 0.6 is 0 Å². The second-order valence-corrected chi connectivity index (χ2v) is 5.33. The predicted molar refractivity (Wildman–Crippen MR) is 78.4 cm³/mol. The first-order valence-electron chi connectivity index (χ1n) is 7.34. The summed E-state index contributed by atoms with van der Waals surface area (Å²) in [4.78, 5) is 13.2. The first kappa shape index (κ1) is 13.2. The minimum absolute atomic E-state index is 0.524. The van der Waals surface area contributed by atoms with Gasteiger partial charge in [-0.25, -0.2) is 15.0 Å². The summed E-state index contributed by atoms with van der Waals surface area (Å²) in [6.45, 7) is 1.12. The van der Waals surface area contributed by atoms with Gasteiger partial charge < -0.3 is 5.32 Å². The molecular weight excluding hydrogens is 248 g/mol. The molecule has 2 heterocycles. The monoisotopic (exact) mass is 268 g/mol. The van der Waals surface area contributed by atoms with Crippen molar-refractivity contribution >= 4 is 0 Å². The molecule has 2 aromatic rings. The van der Waals surface area contributed by atoms with E-state index in [1.807, 2.05) is 18.2 Å². The fraction of sp³-hybridized carbons (Fsp3) is 0.438. The molecule has 0 amide bonds. The van der Waals surface area contributed by atoms with Crippen LogP contribution in [0.4, 0.5) is 0 Å². The molecule has 1 unspecified atom stereocenters. The van der Waals surface area contributed by atoms with E-state index in [0.29, 0.717) is 6.04 Å². The summed E-state index contributed by atoms with van der Waals surface area (Å²) in [7, 11) is 0. The molecule has 1 aliphatic heterocycles. The van der Waals surface area contributed by atoms with E-state index in [1.54, 1.807) is 6.33 Å². The maximum absolute atomic E-state index is 4.60. The molecule has 1 aromatic carbocycles. The number of rotatable bonds is 4. The summed E-state index contributed by atoms with van der Waals surface area (Å²) >= 11 is 0. The normalized spacial score (nSPS) is 18.9. The second-order valence-electron chi connectivity index (χ2n) is 5.33. The van der Waals surface area contributed by atoms with Crippen LogP contribution in [0.25, 0.3) is 0 Å². The lowest BCUT2D eigenvalue weighted by molar-refractivity contribution is 0.393. The molecular formula is C16H20N4. The molecule has 20 heavy (non-hydrogen) atoms. The standard InChI is InChI=1S/C16H20N4/c1-2-6-13(7-3-1)10-15-18-12-19-16(20-15)11-14-8-4-5-9-17-14/h1-3,6-7,12,14,17H,4-5,8-11H2. The Kier molecular flexibility index (Phi) is 4.33. The molecule has 104 valence electrons. The van der Waals surface area contributed by atoms with Crippen LogP contribution in [0.15, 0.2) is 36.7 Å². The van der Waals surface area contributed by atoms with Crippen LogP contribution in [-0.2, 0) is 12.8 Å². The second kappa shape index (κ2) is 6.57. The fourth-order valence-electron chi connectivity index (χ4n) is 2.65. The number of aromatic nitrogens is 3. The van der Waals surface area contributed by atoms with E-state index in [0.717, 1.165) is 31.0 Å². The van der Waals surface area contributed by atoms with Crippen molar-refractivity contribution in [2.24, 2.45) is 0 Å². The van der Waals surface area contributed by atoms with E-state index in [4.69, 9.17) is 0 Å². The van der Waals surface area contributed by atoms with Crippen LogP contribution in [0.1, 0.15) is 36.5 Å². The van der Waals surface area contributed by atoms with E-state index in [9.17, 15) is 0 Å². The van der Waals surface area contributed by atoms with Crippen LogP contribution < -0.4 is 5.32 Å². The molecule has 1 fully saturated rings. The zero-order valence-electron chi connectivity index (χ0n) is 11.6. The third-order valence-electron chi connectivity index (χ3n) is 3.72. The summed E-state index contributed by atoms with van der Waals surface area (Å²) in [5.74, 6) is 1.77. The molecule has 1 saturated heterocycles. The molecule has 4 heteroatoms. The molecule has 0 spiro atoms. The lowest BCUT2D eigenvalue weighted by Crippen LogP contribution is -2.36. The largest absolute Gasteiger partial charge is 0.314 e. The van der Waals surface area contributed by atoms with Crippen LogP contribution in [-0.4, -0.2) is 27.5 Å². The highest BCUT2D eigenvalue weighted by Gasteiger charge is 2.14. The third kappa shape index (κ3) is 3.61. The number of benzene rings is 1. The van der Waals surface area contributed by atoms with Gasteiger partial charge in [0.2, 0.25) is 0 Å². The van der Waals surface area contributed by atoms with Crippen molar-refractivity contribution in [3.05, 3.63) is 53.9 Å². The Morgan fingerprint density at radius 1 is 1.05 bits per heavy atom. The number of nitrogens with one attached hydrogen (secondary N) is 1. The predicted octanol–water partition coefficient (Wildman–Crippen LogP) is 2.15. The molecule has 1 aliphatic rings. The van der Waals surface area contributed by atoms with Gasteiger partial charge in [-0.15, -0.1) is 0 Å². The Bertz CT molecular complexity index is 535. The summed E-state index contributed by atoms with van der Waals surface area (Å²) in [6, 6.07) is 10.8. The van der Waals surface area contributed by atoms with Crippen molar-refractivity contribution in [2.45, 2.75) is 38.1 Å². The van der Waals surface area contributed by atoms with E-state index in [1.165, 1.54) is 24.8 Å². The van der Waals surface area contributed by atoms with Crippen molar-refractivity contribution in [3.8, 4) is 0 Å². The number of hydrogen-bond donors (Lipinski definition) is 1. The fourth-order valence-corrected chi connectivity index (χ4v) is 2.65. The summed E-state index contributed by atoms with van der Waals surface area (Å²) < 4.78 is 0. The zero-order chi connectivity index (χ0) is 13.6. The summed E-state index contributed by atoms with van der Waals surface area (Å²) in [5.41, 5.74) is 1.24. The van der Waals surface area contributed by atoms with Crippen LogP contribution in [0, 0.1) is 0 Å². The SMILES string of the molecule is c1ccc(Cc2ncnc(CC3CCCCN3)n2)cc1. The van der Waals surface area contributed by atoms with E-state index in [2.05, 4.69) is 32.4 Å². The minimum Gasteiger partial charge on any atom is -0.314 e. The Balaban J connectivity index is 1.66. The van der Waals surface area contributed by atoms with Crippen LogP contribution in [0.5, 0.6) is 0 Å². The van der Waals surface area contributed by atoms with Gasteiger partial charge in [0, 0.05) is 18.9 Å². The first-order valence-corrected chi connectivity index (χ1v) is 7.34. The van der Waals surface area contributed by atoms with E-state index >= 15 is 0 Å². The molecule has 3 rings (SSSR count). The van der Waals surface area contributed by atoms with Crippen molar-refractivity contribution in [2.75, 3.05) is 6.54 Å². The van der Waals surface area contributed by atoms with Gasteiger partial charge in [0.15, 0.2) is 0 Å². The minimum atomic E-state index is 0.524. The Morgan fingerprint density at radius 3 is 2.70 bits per heavy atom. The quantitative estimate of drug-likeness (QED) is 0.923. The van der Waals surface area contributed by atoms with Gasteiger partial charge in [0.25, 0.3) is 0 Å². The van der Waals surface area contributed by atoms with Crippen molar-refractivity contribution in [1.82, 2.24) is 20.3 Å². The van der Waals surface area contributed by atoms with Gasteiger partial charge in [-0.1, -0.05) is 36.8 Å². The molecule has 1 atom stereocenters. The van der Waals surface area contributed by atoms with Crippen molar-refractivity contribution in [1.29, 1.82) is 0 Å². The molecule has 4 nitrogen and oxygen atoms in total. The highest BCUT2D eigenvalue weighted by molar-refractivity contribution is 5.18. The van der Waals surface area contributed by atoms with Gasteiger partial charge in [-0.2, -0.15) is 0 Å². The van der Waals surface area contributed by atoms with Gasteiger partial charge in [0.05, 0.1) is 0 Å². The average molecular weight is 268 g/mol. The Hall–Kier alpha value is -1.81. The number of hydrogen-bond acceptors (Lipinski definition) is 4. The number of nitrogens with zero attached hydrogens (tertiary/aromatic N) is 3. The van der Waals surface area contributed by atoms with Crippen LogP contribution in [0.3, 0.4) is 0 Å². The number of piperidine rings is 1. The van der Waals surface area contributed by atoms with E-state index < -0.39 is 0 Å².